The number of hydrogen-bond acceptors (Lipinski definition) is 0. The Hall–Kier alpha value is -3.64. The van der Waals surface area contributed by atoms with E-state index < -0.39 is 0 Å². The molecule has 1 aliphatic rings. The van der Waals surface area contributed by atoms with Crippen molar-refractivity contribution >= 4 is 27.1 Å². The average molecular weight is 507 g/mol. The Balaban J connectivity index is 0.000000544. The Bertz CT molecular complexity index is 1160. The molecule has 4 aromatic rings. The Kier molecular flexibility index (Phi) is 20.4. The summed E-state index contributed by atoms with van der Waals surface area (Å²) >= 11 is 0. The van der Waals surface area contributed by atoms with E-state index in [1.54, 1.807) is 12.2 Å². The molecule has 202 valence electrons. The molecule has 0 saturated heterocycles. The van der Waals surface area contributed by atoms with Gasteiger partial charge < -0.3 is 0 Å². The molecule has 1 aliphatic carbocycles. The number of fused-ring (bicyclic) bond motifs is 2. The van der Waals surface area contributed by atoms with E-state index in [1.807, 2.05) is 41.5 Å². The largest absolute Gasteiger partial charge is 0.0991 e. The Morgan fingerprint density at radius 2 is 1.11 bits per heavy atom. The van der Waals surface area contributed by atoms with E-state index in [1.165, 1.54) is 57.5 Å². The van der Waals surface area contributed by atoms with Crippen molar-refractivity contribution in [3.63, 3.8) is 0 Å². The summed E-state index contributed by atoms with van der Waals surface area (Å²) in [6.45, 7) is 20.9. The van der Waals surface area contributed by atoms with Crippen molar-refractivity contribution in [1.82, 2.24) is 0 Å². The SMILES string of the molecule is C1=CCCCC(c2ccccc2)=C1.C=CC=C.CC.CC.CC.Cc1c2ccccc2cc2ccccc12. The van der Waals surface area contributed by atoms with Crippen LogP contribution in [0.5, 0.6) is 0 Å². The molecule has 0 heteroatoms. The number of allylic oxidation sites excluding steroid dienone is 6. The van der Waals surface area contributed by atoms with Crippen LogP contribution in [0.3, 0.4) is 0 Å². The van der Waals surface area contributed by atoms with Crippen LogP contribution in [0.25, 0.3) is 27.1 Å². The van der Waals surface area contributed by atoms with Gasteiger partial charge in [-0.3, -0.25) is 0 Å². The quantitative estimate of drug-likeness (QED) is 0.187. The fourth-order valence-electron chi connectivity index (χ4n) is 3.91. The first-order valence-electron chi connectivity index (χ1n) is 14.3. The highest BCUT2D eigenvalue weighted by molar-refractivity contribution is 6.01. The van der Waals surface area contributed by atoms with E-state index in [0.717, 1.165) is 0 Å². The van der Waals surface area contributed by atoms with Crippen LogP contribution in [0, 0.1) is 6.92 Å². The molecular formula is C38H50. The van der Waals surface area contributed by atoms with Crippen LogP contribution in [-0.2, 0) is 0 Å². The van der Waals surface area contributed by atoms with Gasteiger partial charge in [-0.2, -0.15) is 0 Å². The normalized spacial score (nSPS) is 11.0. The first kappa shape index (κ1) is 34.4. The summed E-state index contributed by atoms with van der Waals surface area (Å²) in [5.41, 5.74) is 4.21. The van der Waals surface area contributed by atoms with Gasteiger partial charge in [-0.15, -0.1) is 0 Å². The predicted molar refractivity (Wildman–Crippen MR) is 178 cm³/mol. The Labute approximate surface area is 234 Å². The van der Waals surface area contributed by atoms with Crippen LogP contribution in [0.4, 0.5) is 0 Å². The van der Waals surface area contributed by atoms with E-state index >= 15 is 0 Å². The summed E-state index contributed by atoms with van der Waals surface area (Å²) in [6.07, 6.45) is 13.6. The molecule has 0 unspecified atom stereocenters. The Morgan fingerprint density at radius 3 is 1.61 bits per heavy atom. The highest BCUT2D eigenvalue weighted by Gasteiger charge is 2.02. The lowest BCUT2D eigenvalue weighted by Gasteiger charge is -2.06. The van der Waals surface area contributed by atoms with E-state index in [-0.39, 0.29) is 0 Å². The zero-order valence-corrected chi connectivity index (χ0v) is 25.0. The molecule has 0 aliphatic heterocycles. The summed E-state index contributed by atoms with van der Waals surface area (Å²) in [5, 5.41) is 5.37. The van der Waals surface area contributed by atoms with Gasteiger partial charge in [0.15, 0.2) is 0 Å². The molecule has 0 saturated carbocycles. The predicted octanol–water partition coefficient (Wildman–Crippen LogP) is 12.5. The third kappa shape index (κ3) is 11.6. The van der Waals surface area contributed by atoms with Gasteiger partial charge in [0, 0.05) is 0 Å². The van der Waals surface area contributed by atoms with Gasteiger partial charge in [-0.25, -0.2) is 0 Å². The molecule has 0 spiro atoms. The first-order chi connectivity index (χ1) is 18.7. The smallest absolute Gasteiger partial charge is 0.0148 e. The molecule has 0 atom stereocenters. The second-order valence-electron chi connectivity index (χ2n) is 7.79. The van der Waals surface area contributed by atoms with Crippen molar-refractivity contribution in [3.8, 4) is 0 Å². The number of hydrogen-bond donors (Lipinski definition) is 0. The van der Waals surface area contributed by atoms with Crippen molar-refractivity contribution in [3.05, 3.63) is 140 Å². The number of benzene rings is 4. The summed E-state index contributed by atoms with van der Waals surface area (Å²) < 4.78 is 0. The van der Waals surface area contributed by atoms with Crippen molar-refractivity contribution < 1.29 is 0 Å². The third-order valence-electron chi connectivity index (χ3n) is 5.60. The van der Waals surface area contributed by atoms with E-state index in [9.17, 15) is 0 Å². The minimum Gasteiger partial charge on any atom is -0.0991 e. The van der Waals surface area contributed by atoms with Crippen LogP contribution in [-0.4, -0.2) is 0 Å². The van der Waals surface area contributed by atoms with Crippen LogP contribution < -0.4 is 0 Å². The summed E-state index contributed by atoms with van der Waals surface area (Å²) in [7, 11) is 0. The van der Waals surface area contributed by atoms with E-state index in [0.29, 0.717) is 0 Å². The molecular weight excluding hydrogens is 456 g/mol. The van der Waals surface area contributed by atoms with Gasteiger partial charge in [0.1, 0.15) is 0 Å². The molecule has 38 heavy (non-hydrogen) atoms. The van der Waals surface area contributed by atoms with Gasteiger partial charge >= 0.3 is 0 Å². The molecule has 0 heterocycles. The molecule has 0 amide bonds. The minimum atomic E-state index is 1.21. The summed E-state index contributed by atoms with van der Waals surface area (Å²) in [5.74, 6) is 0. The highest BCUT2D eigenvalue weighted by atomic mass is 14.1. The van der Waals surface area contributed by atoms with Gasteiger partial charge in [0.05, 0.1) is 0 Å². The molecule has 0 N–H and O–H groups in total. The van der Waals surface area contributed by atoms with E-state index in [2.05, 4.69) is 123 Å². The van der Waals surface area contributed by atoms with Gasteiger partial charge in [-0.1, -0.05) is 164 Å². The monoisotopic (exact) mass is 506 g/mol. The van der Waals surface area contributed by atoms with E-state index in [4.69, 9.17) is 0 Å². The highest BCUT2D eigenvalue weighted by Crippen LogP contribution is 2.27. The lowest BCUT2D eigenvalue weighted by Crippen LogP contribution is -1.82. The lowest BCUT2D eigenvalue weighted by atomic mass is 9.98. The number of rotatable bonds is 2. The molecule has 0 nitrogen and oxygen atoms in total. The van der Waals surface area contributed by atoms with Crippen LogP contribution in [0.15, 0.2) is 128 Å². The van der Waals surface area contributed by atoms with Crippen molar-refractivity contribution in [2.75, 3.05) is 0 Å². The summed E-state index contributed by atoms with van der Waals surface area (Å²) in [6, 6.07) is 30.0. The standard InChI is InChI=1S/C15H12.C13H14.C4H6.3C2H6/c1-11-14-8-4-2-6-12(14)10-13-7-3-5-9-15(11)13;1-2-5-9-12(8-4-1)13-10-6-3-7-11-13;1-3-4-2;3*1-2/h2-10H,1H3;1,3-4,6-8,10-11H,2,5,9H2;3-4H,1-2H2;3*1-2H3. The summed E-state index contributed by atoms with van der Waals surface area (Å²) in [4.78, 5) is 0. The second kappa shape index (κ2) is 22.5. The lowest BCUT2D eigenvalue weighted by molar-refractivity contribution is 0.886. The second-order valence-corrected chi connectivity index (χ2v) is 7.79. The maximum absolute atomic E-state index is 3.36. The van der Waals surface area contributed by atoms with Crippen LogP contribution in [0.1, 0.15) is 71.9 Å². The molecule has 4 aromatic carbocycles. The first-order valence-corrected chi connectivity index (χ1v) is 14.3. The van der Waals surface area contributed by atoms with Crippen molar-refractivity contribution in [2.45, 2.75) is 67.7 Å². The average Bonchev–Trinajstić information content (AvgIpc) is 3.31. The van der Waals surface area contributed by atoms with Gasteiger partial charge in [-0.05, 0) is 70.5 Å². The molecule has 0 aromatic heterocycles. The van der Waals surface area contributed by atoms with Crippen molar-refractivity contribution in [1.29, 1.82) is 0 Å². The van der Waals surface area contributed by atoms with Gasteiger partial charge in [0.2, 0.25) is 0 Å². The third-order valence-corrected chi connectivity index (χ3v) is 5.60. The molecule has 5 rings (SSSR count). The van der Waals surface area contributed by atoms with Crippen LogP contribution >= 0.6 is 0 Å². The number of aryl methyl sites for hydroxylation is 1. The van der Waals surface area contributed by atoms with Gasteiger partial charge in [0.25, 0.3) is 0 Å². The molecule has 0 radical (unpaired) electrons. The molecule has 0 bridgehead atoms. The maximum atomic E-state index is 3.36. The van der Waals surface area contributed by atoms with Crippen molar-refractivity contribution in [2.24, 2.45) is 0 Å². The van der Waals surface area contributed by atoms with Crippen LogP contribution in [0.2, 0.25) is 0 Å². The maximum Gasteiger partial charge on any atom is -0.0148 e. The fourth-order valence-corrected chi connectivity index (χ4v) is 3.91. The molecule has 0 fully saturated rings. The minimum absolute atomic E-state index is 1.21. The zero-order valence-electron chi connectivity index (χ0n) is 25.0. The fraction of sp³-hybridized carbons (Fsp3) is 0.263. The Morgan fingerprint density at radius 1 is 0.632 bits per heavy atom. The topological polar surface area (TPSA) is 0 Å². The zero-order chi connectivity index (χ0) is 28.6.